The first kappa shape index (κ1) is 16.8. The number of H-pyrrole nitrogens is 1. The topological polar surface area (TPSA) is 70.7 Å². The lowest BCUT2D eigenvalue weighted by Gasteiger charge is -2.13. The van der Waals surface area contributed by atoms with Crippen molar-refractivity contribution in [2.24, 2.45) is 0 Å². The third-order valence-electron chi connectivity index (χ3n) is 4.10. The first-order valence-electron chi connectivity index (χ1n) is 8.05. The first-order valence-corrected chi connectivity index (χ1v) is 9.31. The van der Waals surface area contributed by atoms with Crippen molar-refractivity contribution in [2.75, 3.05) is 5.32 Å². The van der Waals surface area contributed by atoms with Gasteiger partial charge in [0.2, 0.25) is 0 Å². The standard InChI is InChI=1S/C19H15ClN4OS/c1-11(15-8-13-7-14(20)4-5-16(13)23-18(15)25)22-19-24-17(10-26-19)12-3-2-6-21-9-12/h2-11H,1H3,(H,22,24)(H,23,25)/t11-/m1/s1. The van der Waals surface area contributed by atoms with Crippen molar-refractivity contribution in [1.29, 1.82) is 0 Å². The van der Waals surface area contributed by atoms with Gasteiger partial charge in [-0.1, -0.05) is 11.6 Å². The van der Waals surface area contributed by atoms with Crippen LogP contribution >= 0.6 is 22.9 Å². The Morgan fingerprint density at radius 3 is 2.96 bits per heavy atom. The van der Waals surface area contributed by atoms with Crippen molar-refractivity contribution >= 4 is 39.0 Å². The Labute approximate surface area is 158 Å². The minimum Gasteiger partial charge on any atom is -0.355 e. The van der Waals surface area contributed by atoms with Crippen LogP contribution in [0.2, 0.25) is 5.02 Å². The molecule has 3 aromatic heterocycles. The van der Waals surface area contributed by atoms with Gasteiger partial charge in [0.25, 0.3) is 5.56 Å². The van der Waals surface area contributed by atoms with Crippen LogP contribution in [-0.4, -0.2) is 15.0 Å². The third-order valence-corrected chi connectivity index (χ3v) is 5.11. The van der Waals surface area contributed by atoms with Crippen LogP contribution in [0.3, 0.4) is 0 Å². The molecule has 1 aromatic carbocycles. The zero-order valence-corrected chi connectivity index (χ0v) is 15.4. The van der Waals surface area contributed by atoms with Crippen molar-refractivity contribution < 1.29 is 0 Å². The SMILES string of the molecule is C[C@@H](Nc1nc(-c2cccnc2)cs1)c1cc2cc(Cl)ccc2[nH]c1=O. The van der Waals surface area contributed by atoms with Crippen LogP contribution in [-0.2, 0) is 0 Å². The fourth-order valence-corrected chi connectivity index (χ4v) is 3.75. The molecule has 5 nitrogen and oxygen atoms in total. The van der Waals surface area contributed by atoms with Gasteiger partial charge in [-0.2, -0.15) is 0 Å². The van der Waals surface area contributed by atoms with Crippen LogP contribution in [0.4, 0.5) is 5.13 Å². The van der Waals surface area contributed by atoms with Crippen molar-refractivity contribution in [3.05, 3.63) is 75.1 Å². The average Bonchev–Trinajstić information content (AvgIpc) is 3.10. The van der Waals surface area contributed by atoms with Gasteiger partial charge < -0.3 is 10.3 Å². The van der Waals surface area contributed by atoms with Gasteiger partial charge in [-0.15, -0.1) is 11.3 Å². The molecular weight excluding hydrogens is 368 g/mol. The highest BCUT2D eigenvalue weighted by Gasteiger charge is 2.13. The van der Waals surface area contributed by atoms with E-state index in [4.69, 9.17) is 11.6 Å². The number of aromatic nitrogens is 3. The Morgan fingerprint density at radius 1 is 1.27 bits per heavy atom. The van der Waals surface area contributed by atoms with E-state index in [1.165, 1.54) is 11.3 Å². The molecule has 4 rings (SSSR count). The molecule has 0 fully saturated rings. The number of halogens is 1. The average molecular weight is 383 g/mol. The summed E-state index contributed by atoms with van der Waals surface area (Å²) in [4.78, 5) is 24.0. The second-order valence-electron chi connectivity index (χ2n) is 5.93. The molecule has 3 heterocycles. The summed E-state index contributed by atoms with van der Waals surface area (Å²) >= 11 is 7.56. The van der Waals surface area contributed by atoms with Gasteiger partial charge in [0.15, 0.2) is 5.13 Å². The van der Waals surface area contributed by atoms with Gasteiger partial charge >= 0.3 is 0 Å². The predicted molar refractivity (Wildman–Crippen MR) is 107 cm³/mol. The highest BCUT2D eigenvalue weighted by molar-refractivity contribution is 7.14. The fraction of sp³-hybridized carbons (Fsp3) is 0.105. The van der Waals surface area contributed by atoms with E-state index < -0.39 is 0 Å². The van der Waals surface area contributed by atoms with Crippen LogP contribution in [0.1, 0.15) is 18.5 Å². The molecule has 0 bridgehead atoms. The number of nitrogens with one attached hydrogen (secondary N) is 2. The highest BCUT2D eigenvalue weighted by atomic mass is 35.5. The number of hydrogen-bond donors (Lipinski definition) is 2. The van der Waals surface area contributed by atoms with Crippen molar-refractivity contribution in [3.8, 4) is 11.3 Å². The van der Waals surface area contributed by atoms with Gasteiger partial charge in [0.1, 0.15) is 0 Å². The number of aromatic amines is 1. The molecule has 0 saturated carbocycles. The largest absolute Gasteiger partial charge is 0.355 e. The number of thiazole rings is 1. The second-order valence-corrected chi connectivity index (χ2v) is 7.23. The van der Waals surface area contributed by atoms with E-state index in [0.717, 1.165) is 27.3 Å². The van der Waals surface area contributed by atoms with Crippen LogP contribution in [0, 0.1) is 0 Å². The molecule has 4 aromatic rings. The smallest absolute Gasteiger partial charge is 0.253 e. The minimum atomic E-state index is -0.199. The number of anilines is 1. The van der Waals surface area contributed by atoms with Crippen molar-refractivity contribution in [3.63, 3.8) is 0 Å². The number of rotatable bonds is 4. The predicted octanol–water partition coefficient (Wildman–Crippen LogP) is 4.87. The molecule has 130 valence electrons. The lowest BCUT2D eigenvalue weighted by molar-refractivity contribution is 0.863. The molecule has 0 saturated heterocycles. The van der Waals surface area contributed by atoms with Crippen molar-refractivity contribution in [2.45, 2.75) is 13.0 Å². The van der Waals surface area contributed by atoms with Crippen LogP contribution in [0.5, 0.6) is 0 Å². The van der Waals surface area contributed by atoms with Crippen LogP contribution in [0.25, 0.3) is 22.2 Å². The van der Waals surface area contributed by atoms with Gasteiger partial charge in [-0.3, -0.25) is 9.78 Å². The maximum absolute atomic E-state index is 12.4. The van der Waals surface area contributed by atoms with Gasteiger partial charge in [-0.25, -0.2) is 4.98 Å². The quantitative estimate of drug-likeness (QED) is 0.528. The number of pyridine rings is 2. The Kier molecular flexibility index (Phi) is 4.44. The Morgan fingerprint density at radius 2 is 2.15 bits per heavy atom. The van der Waals surface area contributed by atoms with Gasteiger partial charge in [0.05, 0.1) is 11.7 Å². The van der Waals surface area contributed by atoms with Crippen LogP contribution in [0.15, 0.2) is 59.0 Å². The summed E-state index contributed by atoms with van der Waals surface area (Å²) in [7, 11) is 0. The highest BCUT2D eigenvalue weighted by Crippen LogP contribution is 2.27. The van der Waals surface area contributed by atoms with E-state index in [-0.39, 0.29) is 11.6 Å². The molecule has 0 unspecified atom stereocenters. The molecule has 0 aliphatic carbocycles. The summed E-state index contributed by atoms with van der Waals surface area (Å²) in [5.41, 5.74) is 3.10. The van der Waals surface area contributed by atoms with Crippen LogP contribution < -0.4 is 10.9 Å². The maximum atomic E-state index is 12.4. The zero-order valence-electron chi connectivity index (χ0n) is 13.9. The molecule has 1 atom stereocenters. The van der Waals surface area contributed by atoms with E-state index in [1.54, 1.807) is 18.5 Å². The Balaban J connectivity index is 1.61. The normalized spacial score (nSPS) is 12.2. The van der Waals surface area contributed by atoms with E-state index in [9.17, 15) is 4.79 Å². The molecule has 0 aliphatic heterocycles. The number of benzene rings is 1. The maximum Gasteiger partial charge on any atom is 0.253 e. The second kappa shape index (κ2) is 6.90. The molecule has 7 heteroatoms. The fourth-order valence-electron chi connectivity index (χ4n) is 2.77. The molecule has 0 spiro atoms. The summed E-state index contributed by atoms with van der Waals surface area (Å²) in [6.07, 6.45) is 3.51. The molecule has 2 N–H and O–H groups in total. The first-order chi connectivity index (χ1) is 12.6. The van der Waals surface area contributed by atoms with E-state index in [2.05, 4.69) is 20.3 Å². The molecule has 0 radical (unpaired) electrons. The van der Waals surface area contributed by atoms with Crippen molar-refractivity contribution in [1.82, 2.24) is 15.0 Å². The molecule has 0 amide bonds. The summed E-state index contributed by atoms with van der Waals surface area (Å²) in [6.45, 7) is 1.94. The summed E-state index contributed by atoms with van der Waals surface area (Å²) in [5.74, 6) is 0. The molecule has 26 heavy (non-hydrogen) atoms. The Bertz CT molecular complexity index is 1120. The lowest BCUT2D eigenvalue weighted by Crippen LogP contribution is -2.19. The summed E-state index contributed by atoms with van der Waals surface area (Å²) in [6, 6.07) is 10.9. The van der Waals surface area contributed by atoms with E-state index in [1.807, 2.05) is 42.6 Å². The summed E-state index contributed by atoms with van der Waals surface area (Å²) < 4.78 is 0. The third kappa shape index (κ3) is 3.34. The minimum absolute atomic E-state index is 0.121. The Hall–Kier alpha value is -2.70. The van der Waals surface area contributed by atoms with E-state index in [0.29, 0.717) is 10.6 Å². The van der Waals surface area contributed by atoms with Gasteiger partial charge in [0, 0.05) is 44.8 Å². The molecular formula is C19H15ClN4OS. The number of fused-ring (bicyclic) bond motifs is 1. The lowest BCUT2D eigenvalue weighted by atomic mass is 10.1. The monoisotopic (exact) mass is 382 g/mol. The number of nitrogens with zero attached hydrogens (tertiary/aromatic N) is 2. The molecule has 0 aliphatic rings. The van der Waals surface area contributed by atoms with Gasteiger partial charge in [-0.05, 0) is 43.3 Å². The number of hydrogen-bond acceptors (Lipinski definition) is 5. The zero-order chi connectivity index (χ0) is 18.1. The van der Waals surface area contributed by atoms with E-state index >= 15 is 0 Å². The summed E-state index contributed by atoms with van der Waals surface area (Å²) in [5, 5.41) is 7.56.